The van der Waals surface area contributed by atoms with Crippen LogP contribution in [0.15, 0.2) is 18.2 Å². The van der Waals surface area contributed by atoms with Crippen LogP contribution < -0.4 is 10.1 Å². The second-order valence-corrected chi connectivity index (χ2v) is 5.98. The number of ether oxygens (including phenoxy) is 1. The zero-order chi connectivity index (χ0) is 13.7. The monoisotopic (exact) mass is 263 g/mol. The van der Waals surface area contributed by atoms with Gasteiger partial charge in [-0.3, -0.25) is 0 Å². The first-order chi connectivity index (χ1) is 9.13. The molecule has 2 N–H and O–H groups in total. The van der Waals surface area contributed by atoms with Gasteiger partial charge in [0.25, 0.3) is 0 Å². The van der Waals surface area contributed by atoms with E-state index in [9.17, 15) is 5.11 Å². The van der Waals surface area contributed by atoms with Gasteiger partial charge in [-0.25, -0.2) is 0 Å². The molecule has 0 atom stereocenters. The summed E-state index contributed by atoms with van der Waals surface area (Å²) < 4.78 is 5.12. The quantitative estimate of drug-likeness (QED) is 0.855. The fourth-order valence-electron chi connectivity index (χ4n) is 2.92. The smallest absolute Gasteiger partial charge is 0.160 e. The van der Waals surface area contributed by atoms with Gasteiger partial charge in [-0.2, -0.15) is 0 Å². The molecule has 0 amide bonds. The molecule has 2 rings (SSSR count). The highest BCUT2D eigenvalue weighted by Gasteiger charge is 2.25. The SMILES string of the molecule is COc1cc(CNCC2(C)CCCCC2)ccc1O. The topological polar surface area (TPSA) is 41.5 Å². The third-order valence-electron chi connectivity index (χ3n) is 4.19. The molecule has 0 heterocycles. The summed E-state index contributed by atoms with van der Waals surface area (Å²) in [5.74, 6) is 0.744. The van der Waals surface area contributed by atoms with Crippen molar-refractivity contribution >= 4 is 0 Å². The lowest BCUT2D eigenvalue weighted by molar-refractivity contribution is 0.207. The number of phenols is 1. The molecule has 1 aromatic rings. The van der Waals surface area contributed by atoms with Gasteiger partial charge in [0.2, 0.25) is 0 Å². The molecular formula is C16H25NO2. The van der Waals surface area contributed by atoms with Crippen molar-refractivity contribution in [1.82, 2.24) is 5.32 Å². The number of rotatable bonds is 5. The molecule has 0 spiro atoms. The van der Waals surface area contributed by atoms with Crippen LogP contribution in [-0.4, -0.2) is 18.8 Å². The van der Waals surface area contributed by atoms with Crippen molar-refractivity contribution < 1.29 is 9.84 Å². The van der Waals surface area contributed by atoms with E-state index in [0.29, 0.717) is 11.2 Å². The van der Waals surface area contributed by atoms with E-state index in [1.165, 1.54) is 32.1 Å². The van der Waals surface area contributed by atoms with E-state index in [0.717, 1.165) is 18.7 Å². The van der Waals surface area contributed by atoms with Gasteiger partial charge in [-0.15, -0.1) is 0 Å². The summed E-state index contributed by atoms with van der Waals surface area (Å²) in [6.07, 6.45) is 6.79. The molecule has 1 fully saturated rings. The third-order valence-corrected chi connectivity index (χ3v) is 4.19. The Morgan fingerprint density at radius 3 is 2.68 bits per heavy atom. The molecule has 0 saturated heterocycles. The minimum atomic E-state index is 0.200. The summed E-state index contributed by atoms with van der Waals surface area (Å²) in [5, 5.41) is 13.1. The Balaban J connectivity index is 1.85. The van der Waals surface area contributed by atoms with Gasteiger partial charge in [0.15, 0.2) is 11.5 Å². The average molecular weight is 263 g/mol. The maximum absolute atomic E-state index is 9.56. The Morgan fingerprint density at radius 1 is 1.26 bits per heavy atom. The molecule has 3 nitrogen and oxygen atoms in total. The maximum Gasteiger partial charge on any atom is 0.160 e. The number of nitrogens with one attached hydrogen (secondary N) is 1. The number of phenolic OH excluding ortho intramolecular Hbond substituents is 1. The fourth-order valence-corrected chi connectivity index (χ4v) is 2.92. The third kappa shape index (κ3) is 3.87. The number of hydrogen-bond acceptors (Lipinski definition) is 3. The summed E-state index contributed by atoms with van der Waals surface area (Å²) in [4.78, 5) is 0. The van der Waals surface area contributed by atoms with Crippen LogP contribution in [0.3, 0.4) is 0 Å². The van der Waals surface area contributed by atoms with Crippen LogP contribution in [-0.2, 0) is 6.54 Å². The van der Waals surface area contributed by atoms with Gasteiger partial charge in [0, 0.05) is 13.1 Å². The van der Waals surface area contributed by atoms with Crippen molar-refractivity contribution in [3.05, 3.63) is 23.8 Å². The summed E-state index contributed by atoms with van der Waals surface area (Å²) in [6.45, 7) is 4.28. The lowest BCUT2D eigenvalue weighted by atomic mass is 9.76. The van der Waals surface area contributed by atoms with Gasteiger partial charge < -0.3 is 15.2 Å². The van der Waals surface area contributed by atoms with E-state index in [4.69, 9.17) is 4.74 Å². The fraction of sp³-hybridized carbons (Fsp3) is 0.625. The van der Waals surface area contributed by atoms with Crippen LogP contribution in [0.25, 0.3) is 0 Å². The largest absolute Gasteiger partial charge is 0.504 e. The first-order valence-electron chi connectivity index (χ1n) is 7.20. The molecule has 0 aliphatic heterocycles. The highest BCUT2D eigenvalue weighted by Crippen LogP contribution is 2.35. The van der Waals surface area contributed by atoms with Crippen LogP contribution in [0.4, 0.5) is 0 Å². The molecule has 1 saturated carbocycles. The van der Waals surface area contributed by atoms with Gasteiger partial charge in [-0.1, -0.05) is 32.3 Å². The number of methoxy groups -OCH3 is 1. The molecule has 19 heavy (non-hydrogen) atoms. The highest BCUT2D eigenvalue weighted by molar-refractivity contribution is 5.41. The summed E-state index contributed by atoms with van der Waals surface area (Å²) in [7, 11) is 1.58. The Labute approximate surface area is 116 Å². The predicted octanol–water partition coefficient (Wildman–Crippen LogP) is 3.46. The predicted molar refractivity (Wildman–Crippen MR) is 77.6 cm³/mol. The summed E-state index contributed by atoms with van der Waals surface area (Å²) >= 11 is 0. The second-order valence-electron chi connectivity index (χ2n) is 5.98. The number of benzene rings is 1. The lowest BCUT2D eigenvalue weighted by Crippen LogP contribution is -2.33. The number of aromatic hydroxyl groups is 1. The average Bonchev–Trinajstić information content (AvgIpc) is 2.41. The second kappa shape index (κ2) is 6.29. The lowest BCUT2D eigenvalue weighted by Gasteiger charge is -2.33. The van der Waals surface area contributed by atoms with E-state index in [1.807, 2.05) is 12.1 Å². The van der Waals surface area contributed by atoms with Crippen molar-refractivity contribution in [1.29, 1.82) is 0 Å². The van der Waals surface area contributed by atoms with E-state index in [-0.39, 0.29) is 5.75 Å². The Bertz CT molecular complexity index is 411. The van der Waals surface area contributed by atoms with Crippen molar-refractivity contribution in [3.8, 4) is 11.5 Å². The molecule has 1 aromatic carbocycles. The Morgan fingerprint density at radius 2 is 2.00 bits per heavy atom. The van der Waals surface area contributed by atoms with Gasteiger partial charge in [0.1, 0.15) is 0 Å². The molecule has 0 aromatic heterocycles. The van der Waals surface area contributed by atoms with Crippen molar-refractivity contribution in [2.75, 3.05) is 13.7 Å². The summed E-state index contributed by atoms with van der Waals surface area (Å²) in [5.41, 5.74) is 1.60. The zero-order valence-electron chi connectivity index (χ0n) is 12.0. The van der Waals surface area contributed by atoms with Gasteiger partial charge >= 0.3 is 0 Å². The maximum atomic E-state index is 9.56. The molecule has 1 aliphatic rings. The molecule has 0 unspecified atom stereocenters. The molecule has 0 bridgehead atoms. The van der Waals surface area contributed by atoms with E-state index >= 15 is 0 Å². The van der Waals surface area contributed by atoms with Crippen LogP contribution in [0.2, 0.25) is 0 Å². The first-order valence-corrected chi connectivity index (χ1v) is 7.20. The van der Waals surface area contributed by atoms with Crippen LogP contribution >= 0.6 is 0 Å². The first kappa shape index (κ1) is 14.2. The van der Waals surface area contributed by atoms with E-state index < -0.39 is 0 Å². The van der Waals surface area contributed by atoms with E-state index in [2.05, 4.69) is 12.2 Å². The van der Waals surface area contributed by atoms with Crippen molar-refractivity contribution in [2.45, 2.75) is 45.6 Å². The van der Waals surface area contributed by atoms with Crippen LogP contribution in [0.1, 0.15) is 44.6 Å². The van der Waals surface area contributed by atoms with Crippen molar-refractivity contribution in [2.24, 2.45) is 5.41 Å². The molecular weight excluding hydrogens is 238 g/mol. The van der Waals surface area contributed by atoms with Crippen LogP contribution in [0.5, 0.6) is 11.5 Å². The number of hydrogen-bond donors (Lipinski definition) is 2. The van der Waals surface area contributed by atoms with Gasteiger partial charge in [-0.05, 0) is 36.0 Å². The summed E-state index contributed by atoms with van der Waals surface area (Å²) in [6, 6.07) is 5.53. The molecule has 1 aliphatic carbocycles. The highest BCUT2D eigenvalue weighted by atomic mass is 16.5. The van der Waals surface area contributed by atoms with Crippen LogP contribution in [0, 0.1) is 5.41 Å². The minimum Gasteiger partial charge on any atom is -0.504 e. The van der Waals surface area contributed by atoms with Crippen molar-refractivity contribution in [3.63, 3.8) is 0 Å². The molecule has 0 radical (unpaired) electrons. The molecule has 106 valence electrons. The zero-order valence-corrected chi connectivity index (χ0v) is 12.0. The Hall–Kier alpha value is -1.22. The normalized spacial score (nSPS) is 18.2. The molecule has 3 heteroatoms. The minimum absolute atomic E-state index is 0.200. The van der Waals surface area contributed by atoms with E-state index in [1.54, 1.807) is 13.2 Å². The Kier molecular flexibility index (Phi) is 4.70. The van der Waals surface area contributed by atoms with Gasteiger partial charge in [0.05, 0.1) is 7.11 Å². The standard InChI is InChI=1S/C16H25NO2/c1-16(8-4-3-5-9-16)12-17-11-13-6-7-14(18)15(10-13)19-2/h6-7,10,17-18H,3-5,8-9,11-12H2,1-2H3.